The molecule has 0 N–H and O–H groups in total. The normalized spacial score (nSPS) is 15.4. The fourth-order valence-electron chi connectivity index (χ4n) is 6.36. The fourth-order valence-corrected chi connectivity index (χ4v) is 7.55. The van der Waals surface area contributed by atoms with E-state index in [4.69, 9.17) is 9.31 Å². The lowest BCUT2D eigenvalue weighted by Crippen LogP contribution is -2.41. The van der Waals surface area contributed by atoms with Gasteiger partial charge in [-0.25, -0.2) is 0 Å². The van der Waals surface area contributed by atoms with Crippen LogP contribution in [0.2, 0.25) is 0 Å². The molecule has 1 saturated heterocycles. The first-order valence-corrected chi connectivity index (χ1v) is 17.0. The summed E-state index contributed by atoms with van der Waals surface area (Å²) in [6.45, 7) is 8.40. The van der Waals surface area contributed by atoms with Crippen LogP contribution in [-0.2, 0) is 9.31 Å². The molecule has 0 unspecified atom stereocenters. The number of nitrogens with zero attached hydrogens (tertiary/aromatic N) is 1. The van der Waals surface area contributed by atoms with Crippen molar-refractivity contribution in [3.8, 4) is 22.3 Å². The molecule has 1 aromatic heterocycles. The average Bonchev–Trinajstić information content (AvgIpc) is 3.57. The second-order valence-electron chi connectivity index (χ2n) is 13.3. The largest absolute Gasteiger partial charge is 0.494 e. The van der Waals surface area contributed by atoms with Crippen LogP contribution in [0.25, 0.3) is 42.4 Å². The van der Waals surface area contributed by atoms with Crippen LogP contribution >= 0.6 is 11.3 Å². The van der Waals surface area contributed by atoms with Gasteiger partial charge in [-0.15, -0.1) is 11.3 Å². The van der Waals surface area contributed by atoms with Crippen LogP contribution in [0.15, 0.2) is 146 Å². The zero-order valence-corrected chi connectivity index (χ0v) is 27.9. The van der Waals surface area contributed by atoms with E-state index in [1.807, 2.05) is 11.3 Å². The molecule has 0 aliphatic carbocycles. The first kappa shape index (κ1) is 29.7. The van der Waals surface area contributed by atoms with Crippen molar-refractivity contribution in [2.45, 2.75) is 38.9 Å². The molecule has 1 aliphatic rings. The molecule has 0 radical (unpaired) electrons. The number of hydrogen-bond acceptors (Lipinski definition) is 4. The quantitative estimate of drug-likeness (QED) is 0.171. The fraction of sp³-hybridized carbons (Fsp3) is 0.143. The summed E-state index contributed by atoms with van der Waals surface area (Å²) in [6, 6.07) is 52.3. The van der Waals surface area contributed by atoms with Gasteiger partial charge >= 0.3 is 7.12 Å². The molecule has 47 heavy (non-hydrogen) atoms. The van der Waals surface area contributed by atoms with Crippen molar-refractivity contribution < 1.29 is 9.31 Å². The molecule has 7 aromatic rings. The summed E-state index contributed by atoms with van der Waals surface area (Å²) in [4.78, 5) is 2.35. The minimum Gasteiger partial charge on any atom is -0.399 e. The predicted octanol–water partition coefficient (Wildman–Crippen LogP) is 11.2. The maximum atomic E-state index is 6.37. The molecule has 0 saturated carbocycles. The van der Waals surface area contributed by atoms with Crippen molar-refractivity contribution in [3.05, 3.63) is 146 Å². The van der Waals surface area contributed by atoms with Crippen LogP contribution in [0.5, 0.6) is 0 Å². The topological polar surface area (TPSA) is 21.7 Å². The summed E-state index contributed by atoms with van der Waals surface area (Å²) < 4.78 is 15.2. The van der Waals surface area contributed by atoms with Crippen molar-refractivity contribution in [1.82, 2.24) is 0 Å². The van der Waals surface area contributed by atoms with Gasteiger partial charge < -0.3 is 14.2 Å². The maximum absolute atomic E-state index is 6.37. The zero-order chi connectivity index (χ0) is 32.2. The standard InChI is InChI=1S/C42H36BNO2S/c1-41(2)42(3,4)46-43(45-41)33-19-25-37-38-26-24-36(28-40(38)47-39(37)27-33)44(34-20-15-31(16-21-34)29-11-7-5-8-12-29)35-22-17-32(18-23-35)30-13-9-6-10-14-30/h5-28H,1-4H3. The number of hydrogen-bond donors (Lipinski definition) is 0. The van der Waals surface area contributed by atoms with Crippen molar-refractivity contribution in [3.63, 3.8) is 0 Å². The molecule has 5 heteroatoms. The van der Waals surface area contributed by atoms with Gasteiger partial charge in [-0.3, -0.25) is 0 Å². The predicted molar refractivity (Wildman–Crippen MR) is 201 cm³/mol. The molecule has 0 bridgehead atoms. The van der Waals surface area contributed by atoms with Crippen molar-refractivity contribution in [2.75, 3.05) is 4.90 Å². The maximum Gasteiger partial charge on any atom is 0.494 e. The van der Waals surface area contributed by atoms with Gasteiger partial charge in [-0.2, -0.15) is 0 Å². The van der Waals surface area contributed by atoms with Gasteiger partial charge in [0.15, 0.2) is 0 Å². The summed E-state index contributed by atoms with van der Waals surface area (Å²) in [5.41, 5.74) is 8.48. The second kappa shape index (κ2) is 11.5. The van der Waals surface area contributed by atoms with Crippen molar-refractivity contribution in [2.24, 2.45) is 0 Å². The number of rotatable bonds is 6. The highest BCUT2D eigenvalue weighted by Crippen LogP contribution is 2.42. The monoisotopic (exact) mass is 629 g/mol. The third-order valence-electron chi connectivity index (χ3n) is 9.73. The highest BCUT2D eigenvalue weighted by molar-refractivity contribution is 7.26. The first-order valence-electron chi connectivity index (χ1n) is 16.2. The molecule has 0 atom stereocenters. The SMILES string of the molecule is CC1(C)OB(c2ccc3c(c2)sc2cc(N(c4ccc(-c5ccccc5)cc4)c4ccc(-c5ccccc5)cc4)ccc23)OC1(C)C. The van der Waals surface area contributed by atoms with E-state index in [0.717, 1.165) is 22.5 Å². The van der Waals surface area contributed by atoms with E-state index < -0.39 is 0 Å². The van der Waals surface area contributed by atoms with Gasteiger partial charge in [0, 0.05) is 37.2 Å². The highest BCUT2D eigenvalue weighted by atomic mass is 32.1. The average molecular weight is 630 g/mol. The van der Waals surface area contributed by atoms with E-state index in [1.54, 1.807) is 0 Å². The molecule has 2 heterocycles. The number of benzene rings is 6. The van der Waals surface area contributed by atoms with Crippen LogP contribution in [0, 0.1) is 0 Å². The first-order chi connectivity index (χ1) is 22.8. The minimum atomic E-state index is -0.376. The molecule has 0 amide bonds. The van der Waals surface area contributed by atoms with E-state index in [0.29, 0.717) is 0 Å². The van der Waals surface area contributed by atoms with Gasteiger partial charge in [0.2, 0.25) is 0 Å². The summed E-state index contributed by atoms with van der Waals surface area (Å²) in [5.74, 6) is 0. The van der Waals surface area contributed by atoms with E-state index in [1.165, 1.54) is 42.4 Å². The molecular weight excluding hydrogens is 593 g/mol. The molecule has 3 nitrogen and oxygen atoms in total. The third kappa shape index (κ3) is 5.45. The Balaban J connectivity index is 1.19. The molecular formula is C42H36BNO2S. The van der Waals surface area contributed by atoms with Crippen LogP contribution < -0.4 is 10.4 Å². The number of anilines is 3. The van der Waals surface area contributed by atoms with Gasteiger partial charge in [-0.1, -0.05) is 103 Å². The number of fused-ring (bicyclic) bond motifs is 3. The van der Waals surface area contributed by atoms with Crippen molar-refractivity contribution in [1.29, 1.82) is 0 Å². The minimum absolute atomic E-state index is 0.371. The van der Waals surface area contributed by atoms with Gasteiger partial charge in [0.05, 0.1) is 11.2 Å². The number of thiophene rings is 1. The lowest BCUT2D eigenvalue weighted by atomic mass is 9.79. The van der Waals surface area contributed by atoms with E-state index in [-0.39, 0.29) is 18.3 Å². The Labute approximate surface area is 281 Å². The highest BCUT2D eigenvalue weighted by Gasteiger charge is 2.51. The van der Waals surface area contributed by atoms with Crippen LogP contribution in [0.1, 0.15) is 27.7 Å². The Morgan fingerprint density at radius 3 is 1.40 bits per heavy atom. The summed E-state index contributed by atoms with van der Waals surface area (Å²) in [6.07, 6.45) is 0. The summed E-state index contributed by atoms with van der Waals surface area (Å²) >= 11 is 1.82. The molecule has 1 fully saturated rings. The van der Waals surface area contributed by atoms with E-state index in [9.17, 15) is 0 Å². The zero-order valence-electron chi connectivity index (χ0n) is 27.1. The lowest BCUT2D eigenvalue weighted by Gasteiger charge is -2.32. The molecule has 230 valence electrons. The van der Waals surface area contributed by atoms with Crippen LogP contribution in [0.4, 0.5) is 17.1 Å². The second-order valence-corrected chi connectivity index (χ2v) is 14.4. The Kier molecular flexibility index (Phi) is 7.29. The molecule has 1 aliphatic heterocycles. The van der Waals surface area contributed by atoms with Gasteiger partial charge in [0.25, 0.3) is 0 Å². The Hall–Kier alpha value is -4.68. The van der Waals surface area contributed by atoms with E-state index >= 15 is 0 Å². The van der Waals surface area contributed by atoms with Crippen molar-refractivity contribution >= 4 is 61.2 Å². The van der Waals surface area contributed by atoms with Crippen LogP contribution in [0.3, 0.4) is 0 Å². The van der Waals surface area contributed by atoms with Crippen LogP contribution in [-0.4, -0.2) is 18.3 Å². The Morgan fingerprint density at radius 1 is 0.468 bits per heavy atom. The summed E-state index contributed by atoms with van der Waals surface area (Å²) in [7, 11) is -0.376. The molecule has 8 rings (SSSR count). The van der Waals surface area contributed by atoms with Gasteiger partial charge in [-0.05, 0) is 97.9 Å². The third-order valence-corrected chi connectivity index (χ3v) is 10.8. The molecule has 0 spiro atoms. The summed E-state index contributed by atoms with van der Waals surface area (Å²) in [5, 5.41) is 2.51. The lowest BCUT2D eigenvalue weighted by molar-refractivity contribution is 0.00578. The Bertz CT molecular complexity index is 2090. The smallest absolute Gasteiger partial charge is 0.399 e. The Morgan fingerprint density at radius 2 is 0.894 bits per heavy atom. The van der Waals surface area contributed by atoms with E-state index in [2.05, 4.69) is 178 Å². The molecule has 6 aromatic carbocycles. The van der Waals surface area contributed by atoms with Gasteiger partial charge in [0.1, 0.15) is 0 Å².